The van der Waals surface area contributed by atoms with E-state index in [0.29, 0.717) is 12.4 Å². The largest absolute Gasteiger partial charge is 0.354 e. The lowest BCUT2D eigenvalue weighted by atomic mass is 9.96. The third kappa shape index (κ3) is 3.56. The van der Waals surface area contributed by atoms with Gasteiger partial charge < -0.3 is 5.32 Å². The van der Waals surface area contributed by atoms with Crippen molar-refractivity contribution in [3.63, 3.8) is 0 Å². The van der Waals surface area contributed by atoms with Gasteiger partial charge in [-0.3, -0.25) is 4.79 Å². The quantitative estimate of drug-likeness (QED) is 0.777. The topological polar surface area (TPSA) is 29.1 Å². The maximum absolute atomic E-state index is 12.0. The van der Waals surface area contributed by atoms with Gasteiger partial charge in [-0.25, -0.2) is 0 Å². The van der Waals surface area contributed by atoms with Crippen LogP contribution in [0.4, 0.5) is 0 Å². The summed E-state index contributed by atoms with van der Waals surface area (Å²) in [6.07, 6.45) is 2.14. The molecule has 2 nitrogen and oxygen atoms in total. The van der Waals surface area contributed by atoms with Gasteiger partial charge in [0.1, 0.15) is 0 Å². The Morgan fingerprint density at radius 2 is 2.27 bits per heavy atom. The molecule has 0 aliphatic carbocycles. The predicted molar refractivity (Wildman–Crippen MR) is 67.6 cm³/mol. The molecule has 1 heterocycles. The molecule has 1 amide bonds. The Labute approximate surface area is 102 Å². The molecule has 0 spiro atoms. The molecular weight excluding hydrogens is 230 g/mol. The zero-order valence-corrected chi connectivity index (χ0v) is 11.3. The summed E-state index contributed by atoms with van der Waals surface area (Å²) in [5.41, 5.74) is -0.0170. The minimum Gasteiger partial charge on any atom is -0.354 e. The van der Waals surface area contributed by atoms with Gasteiger partial charge >= 0.3 is 0 Å². The third-order valence-corrected chi connectivity index (χ3v) is 5.03. The Balaban J connectivity index is 2.42. The number of amides is 1. The number of thioether (sulfide) groups is 1. The molecule has 0 aromatic heterocycles. The minimum atomic E-state index is -0.206. The van der Waals surface area contributed by atoms with Gasteiger partial charge in [0.25, 0.3) is 0 Å². The Hall–Kier alpha value is 0.110. The summed E-state index contributed by atoms with van der Waals surface area (Å²) in [5, 5.41) is 3.01. The van der Waals surface area contributed by atoms with E-state index in [2.05, 4.69) is 19.2 Å². The van der Waals surface area contributed by atoms with Gasteiger partial charge in [0, 0.05) is 12.4 Å². The van der Waals surface area contributed by atoms with Crippen molar-refractivity contribution in [2.24, 2.45) is 5.41 Å². The predicted octanol–water partition coefficient (Wildman–Crippen LogP) is 2.65. The molecule has 1 fully saturated rings. The minimum absolute atomic E-state index is 0.0170. The number of halogens is 1. The molecule has 0 aromatic rings. The van der Waals surface area contributed by atoms with Crippen LogP contribution in [0.25, 0.3) is 0 Å². The molecular formula is C11H20ClNOS. The number of rotatable bonds is 4. The SMILES string of the molecule is CC(C)(CCl)CNC(=O)C1(C)CCCS1. The molecule has 15 heavy (non-hydrogen) atoms. The summed E-state index contributed by atoms with van der Waals surface area (Å²) in [6.45, 7) is 6.81. The molecule has 1 atom stereocenters. The van der Waals surface area contributed by atoms with Crippen LogP contribution in [0.1, 0.15) is 33.6 Å². The van der Waals surface area contributed by atoms with Crippen molar-refractivity contribution in [1.82, 2.24) is 5.32 Å². The first-order valence-corrected chi connectivity index (χ1v) is 6.90. The van der Waals surface area contributed by atoms with Crippen LogP contribution in [0.5, 0.6) is 0 Å². The fraction of sp³-hybridized carbons (Fsp3) is 0.909. The lowest BCUT2D eigenvalue weighted by Gasteiger charge is -2.26. The van der Waals surface area contributed by atoms with E-state index >= 15 is 0 Å². The van der Waals surface area contributed by atoms with Gasteiger partial charge in [-0.1, -0.05) is 13.8 Å². The van der Waals surface area contributed by atoms with Crippen LogP contribution < -0.4 is 5.32 Å². The molecule has 0 bridgehead atoms. The van der Waals surface area contributed by atoms with E-state index in [-0.39, 0.29) is 16.1 Å². The van der Waals surface area contributed by atoms with Crippen LogP contribution in [0.15, 0.2) is 0 Å². The van der Waals surface area contributed by atoms with E-state index in [4.69, 9.17) is 11.6 Å². The zero-order valence-electron chi connectivity index (χ0n) is 9.73. The van der Waals surface area contributed by atoms with Gasteiger partial charge in [-0.2, -0.15) is 0 Å². The second-order valence-electron chi connectivity index (χ2n) is 5.16. The van der Waals surface area contributed by atoms with Crippen molar-refractivity contribution in [3.05, 3.63) is 0 Å². The highest BCUT2D eigenvalue weighted by atomic mass is 35.5. The first-order chi connectivity index (χ1) is 6.90. The number of hydrogen-bond acceptors (Lipinski definition) is 2. The maximum atomic E-state index is 12.0. The first-order valence-electron chi connectivity index (χ1n) is 5.38. The average Bonchev–Trinajstić information content (AvgIpc) is 2.63. The van der Waals surface area contributed by atoms with Crippen molar-refractivity contribution < 1.29 is 4.79 Å². The average molecular weight is 250 g/mol. The van der Waals surface area contributed by atoms with E-state index in [9.17, 15) is 4.79 Å². The Morgan fingerprint density at radius 3 is 2.73 bits per heavy atom. The van der Waals surface area contributed by atoms with Crippen LogP contribution >= 0.6 is 23.4 Å². The molecule has 1 unspecified atom stereocenters. The van der Waals surface area contributed by atoms with Gasteiger partial charge in [0.05, 0.1) is 4.75 Å². The maximum Gasteiger partial charge on any atom is 0.235 e. The summed E-state index contributed by atoms with van der Waals surface area (Å²) in [6, 6.07) is 0. The van der Waals surface area contributed by atoms with Crippen LogP contribution in [-0.4, -0.2) is 28.8 Å². The molecule has 1 aliphatic rings. The van der Waals surface area contributed by atoms with Gasteiger partial charge in [0.15, 0.2) is 0 Å². The number of alkyl halides is 1. The van der Waals surface area contributed by atoms with E-state index < -0.39 is 0 Å². The Morgan fingerprint density at radius 1 is 1.60 bits per heavy atom. The van der Waals surface area contributed by atoms with Gasteiger partial charge in [-0.15, -0.1) is 23.4 Å². The highest BCUT2D eigenvalue weighted by molar-refractivity contribution is 8.01. The van der Waals surface area contributed by atoms with E-state index in [0.717, 1.165) is 18.6 Å². The monoisotopic (exact) mass is 249 g/mol. The molecule has 1 saturated heterocycles. The summed E-state index contributed by atoms with van der Waals surface area (Å²) in [4.78, 5) is 12.0. The third-order valence-electron chi connectivity index (χ3n) is 2.79. The van der Waals surface area contributed by atoms with Crippen LogP contribution in [-0.2, 0) is 4.79 Å². The second kappa shape index (κ2) is 4.96. The molecule has 88 valence electrons. The molecule has 0 radical (unpaired) electrons. The summed E-state index contributed by atoms with van der Waals surface area (Å²) >= 11 is 7.58. The highest BCUT2D eigenvalue weighted by Gasteiger charge is 2.37. The standard InChI is InChI=1S/C11H20ClNOS/c1-10(2,7-12)8-13-9(14)11(3)5-4-6-15-11/h4-8H2,1-3H3,(H,13,14). The first kappa shape index (κ1) is 13.2. The summed E-state index contributed by atoms with van der Waals surface area (Å²) in [5.74, 6) is 1.84. The Kier molecular flexibility index (Phi) is 4.36. The number of carbonyl (C=O) groups is 1. The van der Waals surface area contributed by atoms with Crippen molar-refractivity contribution in [1.29, 1.82) is 0 Å². The van der Waals surface area contributed by atoms with Gasteiger partial charge in [0.2, 0.25) is 5.91 Å². The molecule has 1 rings (SSSR count). The Bertz CT molecular complexity index is 237. The molecule has 0 saturated carbocycles. The summed E-state index contributed by atoms with van der Waals surface area (Å²) in [7, 11) is 0. The van der Waals surface area contributed by atoms with E-state index in [1.165, 1.54) is 0 Å². The molecule has 1 aliphatic heterocycles. The van der Waals surface area contributed by atoms with Crippen molar-refractivity contribution >= 4 is 29.3 Å². The summed E-state index contributed by atoms with van der Waals surface area (Å²) < 4.78 is -0.206. The zero-order chi connectivity index (χ0) is 11.5. The molecule has 0 aromatic carbocycles. The lowest BCUT2D eigenvalue weighted by molar-refractivity contribution is -0.123. The van der Waals surface area contributed by atoms with Crippen molar-refractivity contribution in [3.8, 4) is 0 Å². The van der Waals surface area contributed by atoms with Crippen LogP contribution in [0.2, 0.25) is 0 Å². The second-order valence-corrected chi connectivity index (χ2v) is 7.03. The van der Waals surface area contributed by atoms with Gasteiger partial charge in [-0.05, 0) is 30.9 Å². The molecule has 1 N–H and O–H groups in total. The van der Waals surface area contributed by atoms with Crippen molar-refractivity contribution in [2.45, 2.75) is 38.4 Å². The number of carbonyl (C=O) groups excluding carboxylic acids is 1. The molecule has 4 heteroatoms. The fourth-order valence-electron chi connectivity index (χ4n) is 1.51. The van der Waals surface area contributed by atoms with Crippen LogP contribution in [0, 0.1) is 5.41 Å². The smallest absolute Gasteiger partial charge is 0.235 e. The van der Waals surface area contributed by atoms with Crippen LogP contribution in [0.3, 0.4) is 0 Å². The number of nitrogens with one attached hydrogen (secondary N) is 1. The normalized spacial score (nSPS) is 26.7. The van der Waals surface area contributed by atoms with E-state index in [1.807, 2.05) is 6.92 Å². The fourth-order valence-corrected chi connectivity index (χ4v) is 2.84. The highest BCUT2D eigenvalue weighted by Crippen LogP contribution is 2.37. The lowest BCUT2D eigenvalue weighted by Crippen LogP contribution is -2.44. The van der Waals surface area contributed by atoms with E-state index in [1.54, 1.807) is 11.8 Å². The number of hydrogen-bond donors (Lipinski definition) is 1. The van der Waals surface area contributed by atoms with Crippen molar-refractivity contribution in [2.75, 3.05) is 18.2 Å².